The number of hydrogen-bond acceptors (Lipinski definition) is 4. The van der Waals surface area contributed by atoms with E-state index in [1.54, 1.807) is 18.0 Å². The zero-order valence-electron chi connectivity index (χ0n) is 12.4. The number of benzene rings is 1. The summed E-state index contributed by atoms with van der Waals surface area (Å²) in [5.41, 5.74) is 0.721. The molecule has 1 fully saturated rings. The first-order valence-corrected chi connectivity index (χ1v) is 8.13. The van der Waals surface area contributed by atoms with E-state index in [0.29, 0.717) is 19.8 Å². The Morgan fingerprint density at radius 1 is 1.27 bits per heavy atom. The van der Waals surface area contributed by atoms with Gasteiger partial charge in [-0.05, 0) is 43.3 Å². The highest BCUT2D eigenvalue weighted by Crippen LogP contribution is 2.26. The largest absolute Gasteiger partial charge is 0.377 e. The van der Waals surface area contributed by atoms with Crippen LogP contribution >= 0.6 is 11.8 Å². The number of aromatic nitrogens is 1. The second kappa shape index (κ2) is 6.94. The molecule has 1 saturated heterocycles. The van der Waals surface area contributed by atoms with Crippen molar-refractivity contribution in [1.82, 2.24) is 9.88 Å². The zero-order chi connectivity index (χ0) is 15.4. The SMILES string of the molecule is CC1COCCN1C(=O)c1ccc(Sc2ccccn2)cc1. The number of morpholine rings is 1. The summed E-state index contributed by atoms with van der Waals surface area (Å²) in [6, 6.07) is 13.7. The Morgan fingerprint density at radius 3 is 2.77 bits per heavy atom. The Labute approximate surface area is 134 Å². The molecule has 0 saturated carbocycles. The minimum absolute atomic E-state index is 0.0742. The quantitative estimate of drug-likeness (QED) is 0.873. The number of amides is 1. The topological polar surface area (TPSA) is 42.4 Å². The number of hydrogen-bond donors (Lipinski definition) is 0. The molecule has 0 N–H and O–H groups in total. The van der Waals surface area contributed by atoms with Gasteiger partial charge in [-0.15, -0.1) is 0 Å². The summed E-state index contributed by atoms with van der Waals surface area (Å²) in [6.45, 7) is 3.90. The van der Waals surface area contributed by atoms with Crippen LogP contribution in [0.25, 0.3) is 0 Å². The fraction of sp³-hybridized carbons (Fsp3) is 0.294. The molecule has 0 radical (unpaired) electrons. The first-order chi connectivity index (χ1) is 10.7. The van der Waals surface area contributed by atoms with E-state index in [0.717, 1.165) is 15.5 Å². The van der Waals surface area contributed by atoms with Crippen molar-refractivity contribution in [3.63, 3.8) is 0 Å². The fourth-order valence-electron chi connectivity index (χ4n) is 2.39. The molecule has 0 bridgehead atoms. The number of carbonyl (C=O) groups excluding carboxylic acids is 1. The lowest BCUT2D eigenvalue weighted by Crippen LogP contribution is -2.47. The lowest BCUT2D eigenvalue weighted by molar-refractivity contribution is 0.00359. The fourth-order valence-corrected chi connectivity index (χ4v) is 3.16. The maximum Gasteiger partial charge on any atom is 0.254 e. The van der Waals surface area contributed by atoms with E-state index < -0.39 is 0 Å². The molecule has 2 heterocycles. The smallest absolute Gasteiger partial charge is 0.254 e. The van der Waals surface area contributed by atoms with Gasteiger partial charge < -0.3 is 9.64 Å². The number of ether oxygens (including phenoxy) is 1. The minimum atomic E-state index is 0.0742. The Kier molecular flexibility index (Phi) is 4.75. The van der Waals surface area contributed by atoms with Crippen molar-refractivity contribution in [2.45, 2.75) is 22.9 Å². The average molecular weight is 314 g/mol. The second-order valence-corrected chi connectivity index (χ2v) is 6.31. The first kappa shape index (κ1) is 15.1. The molecule has 3 rings (SSSR count). The highest BCUT2D eigenvalue weighted by atomic mass is 32.2. The van der Waals surface area contributed by atoms with Crippen LogP contribution in [0.15, 0.2) is 58.6 Å². The molecule has 1 aromatic heterocycles. The number of rotatable bonds is 3. The lowest BCUT2D eigenvalue weighted by Gasteiger charge is -2.33. The monoisotopic (exact) mass is 314 g/mol. The molecule has 5 heteroatoms. The van der Waals surface area contributed by atoms with Gasteiger partial charge in [-0.25, -0.2) is 4.98 Å². The van der Waals surface area contributed by atoms with Crippen LogP contribution in [-0.4, -0.2) is 41.6 Å². The summed E-state index contributed by atoms with van der Waals surface area (Å²) >= 11 is 1.59. The van der Waals surface area contributed by atoms with E-state index in [2.05, 4.69) is 4.98 Å². The third-order valence-electron chi connectivity index (χ3n) is 3.59. The predicted octanol–water partition coefficient (Wildman–Crippen LogP) is 3.09. The molecule has 1 aromatic carbocycles. The number of nitrogens with zero attached hydrogens (tertiary/aromatic N) is 2. The maximum absolute atomic E-state index is 12.5. The van der Waals surface area contributed by atoms with Gasteiger partial charge in [0.1, 0.15) is 5.03 Å². The Bertz CT molecular complexity index is 631. The molecular weight excluding hydrogens is 296 g/mol. The van der Waals surface area contributed by atoms with Crippen molar-refractivity contribution in [3.8, 4) is 0 Å². The summed E-state index contributed by atoms with van der Waals surface area (Å²) in [7, 11) is 0. The van der Waals surface area contributed by atoms with Crippen molar-refractivity contribution < 1.29 is 9.53 Å². The highest BCUT2D eigenvalue weighted by Gasteiger charge is 2.24. The summed E-state index contributed by atoms with van der Waals surface area (Å²) < 4.78 is 5.38. The van der Waals surface area contributed by atoms with Gasteiger partial charge in [-0.1, -0.05) is 17.8 Å². The summed E-state index contributed by atoms with van der Waals surface area (Å²) in [5.74, 6) is 0.0742. The van der Waals surface area contributed by atoms with Gasteiger partial charge in [-0.2, -0.15) is 0 Å². The minimum Gasteiger partial charge on any atom is -0.377 e. The average Bonchev–Trinajstić information content (AvgIpc) is 2.56. The van der Waals surface area contributed by atoms with E-state index >= 15 is 0 Å². The Balaban J connectivity index is 1.69. The van der Waals surface area contributed by atoms with Gasteiger partial charge in [0.15, 0.2) is 0 Å². The van der Waals surface area contributed by atoms with Gasteiger partial charge in [0, 0.05) is 23.2 Å². The van der Waals surface area contributed by atoms with Crippen molar-refractivity contribution in [2.75, 3.05) is 19.8 Å². The standard InChI is InChI=1S/C17H18N2O2S/c1-13-12-21-11-10-19(13)17(20)14-5-7-15(8-6-14)22-16-4-2-3-9-18-16/h2-9,13H,10-12H2,1H3. The molecule has 114 valence electrons. The van der Waals surface area contributed by atoms with Crippen LogP contribution in [0.3, 0.4) is 0 Å². The van der Waals surface area contributed by atoms with Crippen LogP contribution < -0.4 is 0 Å². The van der Waals surface area contributed by atoms with E-state index in [1.165, 1.54) is 0 Å². The lowest BCUT2D eigenvalue weighted by atomic mass is 10.1. The van der Waals surface area contributed by atoms with E-state index in [9.17, 15) is 4.79 Å². The molecule has 1 unspecified atom stereocenters. The van der Waals surface area contributed by atoms with Gasteiger partial charge in [-0.3, -0.25) is 4.79 Å². The highest BCUT2D eigenvalue weighted by molar-refractivity contribution is 7.99. The molecule has 1 aliphatic heterocycles. The summed E-state index contributed by atoms with van der Waals surface area (Å²) in [6.07, 6.45) is 1.78. The van der Waals surface area contributed by atoms with E-state index in [-0.39, 0.29) is 11.9 Å². The van der Waals surface area contributed by atoms with Gasteiger partial charge in [0.05, 0.1) is 19.3 Å². The summed E-state index contributed by atoms with van der Waals surface area (Å²) in [5, 5.41) is 0.948. The van der Waals surface area contributed by atoms with Crippen molar-refractivity contribution >= 4 is 17.7 Å². The maximum atomic E-state index is 12.5. The molecule has 4 nitrogen and oxygen atoms in total. The third-order valence-corrected chi connectivity index (χ3v) is 4.55. The zero-order valence-corrected chi connectivity index (χ0v) is 13.3. The Morgan fingerprint density at radius 2 is 2.09 bits per heavy atom. The molecule has 1 amide bonds. The van der Waals surface area contributed by atoms with Crippen LogP contribution in [0.5, 0.6) is 0 Å². The second-order valence-electron chi connectivity index (χ2n) is 5.22. The molecule has 2 aromatic rings. The van der Waals surface area contributed by atoms with Crippen molar-refractivity contribution in [1.29, 1.82) is 0 Å². The van der Waals surface area contributed by atoms with Crippen LogP contribution in [0, 0.1) is 0 Å². The van der Waals surface area contributed by atoms with Gasteiger partial charge in [0.25, 0.3) is 5.91 Å². The number of pyridine rings is 1. The van der Waals surface area contributed by atoms with Crippen LogP contribution in [0.1, 0.15) is 17.3 Å². The summed E-state index contributed by atoms with van der Waals surface area (Å²) in [4.78, 5) is 19.8. The van der Waals surface area contributed by atoms with E-state index in [1.807, 2.05) is 54.3 Å². The first-order valence-electron chi connectivity index (χ1n) is 7.32. The van der Waals surface area contributed by atoms with Crippen molar-refractivity contribution in [2.24, 2.45) is 0 Å². The van der Waals surface area contributed by atoms with Crippen molar-refractivity contribution in [3.05, 3.63) is 54.2 Å². The van der Waals surface area contributed by atoms with Crippen LogP contribution in [-0.2, 0) is 4.74 Å². The Hall–Kier alpha value is -1.85. The van der Waals surface area contributed by atoms with E-state index in [4.69, 9.17) is 4.74 Å². The van der Waals surface area contributed by atoms with Gasteiger partial charge in [0.2, 0.25) is 0 Å². The number of carbonyl (C=O) groups is 1. The third kappa shape index (κ3) is 3.48. The molecule has 1 atom stereocenters. The predicted molar refractivity (Wildman–Crippen MR) is 86.1 cm³/mol. The normalized spacial score (nSPS) is 18.2. The van der Waals surface area contributed by atoms with Crippen LogP contribution in [0.4, 0.5) is 0 Å². The molecule has 1 aliphatic rings. The van der Waals surface area contributed by atoms with Crippen LogP contribution in [0.2, 0.25) is 0 Å². The van der Waals surface area contributed by atoms with Gasteiger partial charge >= 0.3 is 0 Å². The molecule has 22 heavy (non-hydrogen) atoms. The molecule has 0 aliphatic carbocycles. The molecule has 0 spiro atoms. The molecular formula is C17H18N2O2S.